The Bertz CT molecular complexity index is 196. The number of nitriles is 1. The topological polar surface area (TPSA) is 73.1 Å². The highest BCUT2D eigenvalue weighted by Crippen LogP contribution is 2.00. The van der Waals surface area contributed by atoms with Crippen molar-refractivity contribution >= 4 is 5.91 Å². The van der Waals surface area contributed by atoms with E-state index >= 15 is 0 Å². The number of hydrogen-bond donors (Lipinski definition) is 2. The van der Waals surface area contributed by atoms with E-state index in [0.29, 0.717) is 0 Å². The molecular formula is C8H14N2O2. The van der Waals surface area contributed by atoms with Crippen molar-refractivity contribution in [1.29, 1.82) is 5.26 Å². The van der Waals surface area contributed by atoms with Crippen LogP contribution in [0.2, 0.25) is 0 Å². The molecule has 0 fully saturated rings. The molecule has 0 aromatic rings. The van der Waals surface area contributed by atoms with Gasteiger partial charge in [-0.2, -0.15) is 5.26 Å². The van der Waals surface area contributed by atoms with Crippen molar-refractivity contribution in [2.24, 2.45) is 5.92 Å². The maximum Gasteiger partial charge on any atom is 0.250 e. The molecule has 0 aliphatic heterocycles. The summed E-state index contributed by atoms with van der Waals surface area (Å²) in [4.78, 5) is 11.0. The molecule has 0 aliphatic rings. The van der Waals surface area contributed by atoms with Gasteiger partial charge in [0, 0.05) is 0 Å². The lowest BCUT2D eigenvalue weighted by atomic mass is 10.1. The van der Waals surface area contributed by atoms with Crippen molar-refractivity contribution in [2.75, 3.05) is 0 Å². The van der Waals surface area contributed by atoms with Crippen LogP contribution in [0.5, 0.6) is 0 Å². The summed E-state index contributed by atoms with van der Waals surface area (Å²) in [5.41, 5.74) is 0. The molecule has 0 rings (SSSR count). The van der Waals surface area contributed by atoms with Gasteiger partial charge in [0.25, 0.3) is 0 Å². The number of aliphatic hydroxyl groups excluding tert-OH is 1. The molecule has 0 aliphatic carbocycles. The standard InChI is InChI=1S/C8H14N2O2/c1-5(2)7(11)8(12)10-6(3)4-9/h5-7,11H,1-3H3,(H,10,12)/t6-,7-/m1/s1. The Hall–Kier alpha value is -1.08. The Kier molecular flexibility index (Phi) is 4.30. The summed E-state index contributed by atoms with van der Waals surface area (Å²) >= 11 is 0. The molecule has 0 heterocycles. The quantitative estimate of drug-likeness (QED) is 0.627. The third-order valence-corrected chi connectivity index (χ3v) is 1.45. The average Bonchev–Trinajstić information content (AvgIpc) is 2.02. The fourth-order valence-corrected chi connectivity index (χ4v) is 0.634. The van der Waals surface area contributed by atoms with E-state index in [4.69, 9.17) is 5.26 Å². The van der Waals surface area contributed by atoms with Gasteiger partial charge < -0.3 is 10.4 Å². The molecule has 0 unspecified atom stereocenters. The zero-order valence-corrected chi connectivity index (χ0v) is 7.53. The summed E-state index contributed by atoms with van der Waals surface area (Å²) in [6, 6.07) is 1.30. The van der Waals surface area contributed by atoms with Crippen LogP contribution in [0.3, 0.4) is 0 Å². The van der Waals surface area contributed by atoms with Crippen LogP contribution in [0.15, 0.2) is 0 Å². The number of amides is 1. The van der Waals surface area contributed by atoms with E-state index in [2.05, 4.69) is 5.32 Å². The van der Waals surface area contributed by atoms with E-state index in [1.165, 1.54) is 0 Å². The van der Waals surface area contributed by atoms with Gasteiger partial charge in [-0.05, 0) is 12.8 Å². The maximum absolute atomic E-state index is 11.0. The van der Waals surface area contributed by atoms with Gasteiger partial charge in [0.15, 0.2) is 0 Å². The number of carbonyl (C=O) groups excluding carboxylic acids is 1. The van der Waals surface area contributed by atoms with Crippen LogP contribution in [-0.2, 0) is 4.79 Å². The van der Waals surface area contributed by atoms with Gasteiger partial charge in [0.05, 0.1) is 6.07 Å². The molecule has 0 saturated heterocycles. The summed E-state index contributed by atoms with van der Waals surface area (Å²) < 4.78 is 0. The highest BCUT2D eigenvalue weighted by Gasteiger charge is 2.19. The first kappa shape index (κ1) is 10.9. The molecule has 0 aromatic heterocycles. The monoisotopic (exact) mass is 170 g/mol. The zero-order valence-electron chi connectivity index (χ0n) is 7.53. The van der Waals surface area contributed by atoms with Gasteiger partial charge in [0.1, 0.15) is 12.1 Å². The lowest BCUT2D eigenvalue weighted by Crippen LogP contribution is -2.41. The molecular weight excluding hydrogens is 156 g/mol. The SMILES string of the molecule is CC(C)[C@@H](O)C(=O)N[C@H](C)C#N. The van der Waals surface area contributed by atoms with E-state index < -0.39 is 18.1 Å². The number of rotatable bonds is 3. The van der Waals surface area contributed by atoms with Gasteiger partial charge in [-0.1, -0.05) is 13.8 Å². The molecule has 2 atom stereocenters. The van der Waals surface area contributed by atoms with Crippen molar-refractivity contribution in [1.82, 2.24) is 5.32 Å². The van der Waals surface area contributed by atoms with E-state index in [1.807, 2.05) is 6.07 Å². The van der Waals surface area contributed by atoms with E-state index in [9.17, 15) is 9.90 Å². The van der Waals surface area contributed by atoms with Crippen molar-refractivity contribution in [3.05, 3.63) is 0 Å². The van der Waals surface area contributed by atoms with Crippen LogP contribution in [0.4, 0.5) is 0 Å². The molecule has 68 valence electrons. The second kappa shape index (κ2) is 4.73. The van der Waals surface area contributed by atoms with Gasteiger partial charge in [0.2, 0.25) is 5.91 Å². The van der Waals surface area contributed by atoms with Gasteiger partial charge in [-0.3, -0.25) is 4.79 Å². The van der Waals surface area contributed by atoms with Gasteiger partial charge >= 0.3 is 0 Å². The second-order valence-corrected chi connectivity index (χ2v) is 3.05. The van der Waals surface area contributed by atoms with Gasteiger partial charge in [-0.15, -0.1) is 0 Å². The molecule has 12 heavy (non-hydrogen) atoms. The first-order valence-electron chi connectivity index (χ1n) is 3.87. The van der Waals surface area contributed by atoms with E-state index in [0.717, 1.165) is 0 Å². The predicted molar refractivity (Wildman–Crippen MR) is 44.1 cm³/mol. The third-order valence-electron chi connectivity index (χ3n) is 1.45. The molecule has 2 N–H and O–H groups in total. The van der Waals surface area contributed by atoms with Crippen molar-refractivity contribution in [3.8, 4) is 6.07 Å². The van der Waals surface area contributed by atoms with E-state index in [-0.39, 0.29) is 5.92 Å². The first-order valence-corrected chi connectivity index (χ1v) is 3.87. The summed E-state index contributed by atoms with van der Waals surface area (Å²) in [6.07, 6.45) is -1.03. The number of hydrogen-bond acceptors (Lipinski definition) is 3. The molecule has 1 amide bonds. The highest BCUT2D eigenvalue weighted by atomic mass is 16.3. The number of aliphatic hydroxyl groups is 1. The average molecular weight is 170 g/mol. The van der Waals surface area contributed by atoms with Crippen LogP contribution in [0, 0.1) is 17.2 Å². The normalized spacial score (nSPS) is 15.0. The molecule has 0 saturated carbocycles. The first-order chi connectivity index (χ1) is 5.49. The highest BCUT2D eigenvalue weighted by molar-refractivity contribution is 5.81. The van der Waals surface area contributed by atoms with E-state index in [1.54, 1.807) is 20.8 Å². The Balaban J connectivity index is 3.98. The molecule has 4 nitrogen and oxygen atoms in total. The molecule has 0 spiro atoms. The fraction of sp³-hybridized carbons (Fsp3) is 0.750. The van der Waals surface area contributed by atoms with Crippen LogP contribution in [-0.4, -0.2) is 23.2 Å². The summed E-state index contributed by atoms with van der Waals surface area (Å²) in [6.45, 7) is 5.04. The summed E-state index contributed by atoms with van der Waals surface area (Å²) in [5, 5.41) is 19.9. The smallest absolute Gasteiger partial charge is 0.250 e. The second-order valence-electron chi connectivity index (χ2n) is 3.05. The predicted octanol–water partition coefficient (Wildman–Crippen LogP) is 0.0316. The molecule has 0 bridgehead atoms. The Morgan fingerprint density at radius 1 is 1.50 bits per heavy atom. The van der Waals surface area contributed by atoms with Crippen LogP contribution in [0.25, 0.3) is 0 Å². The third kappa shape index (κ3) is 3.35. The molecule has 0 radical (unpaired) electrons. The largest absolute Gasteiger partial charge is 0.383 e. The van der Waals surface area contributed by atoms with Crippen LogP contribution < -0.4 is 5.32 Å². The minimum atomic E-state index is -1.03. The van der Waals surface area contributed by atoms with Crippen molar-refractivity contribution in [2.45, 2.75) is 32.9 Å². The number of nitrogens with one attached hydrogen (secondary N) is 1. The minimum Gasteiger partial charge on any atom is -0.383 e. The fourth-order valence-electron chi connectivity index (χ4n) is 0.634. The lowest BCUT2D eigenvalue weighted by Gasteiger charge is -2.14. The zero-order chi connectivity index (χ0) is 9.72. The molecule has 4 heteroatoms. The Morgan fingerprint density at radius 2 is 2.00 bits per heavy atom. The van der Waals surface area contributed by atoms with Crippen molar-refractivity contribution < 1.29 is 9.90 Å². The minimum absolute atomic E-state index is 0.129. The molecule has 0 aromatic carbocycles. The van der Waals surface area contributed by atoms with Gasteiger partial charge in [-0.25, -0.2) is 0 Å². The van der Waals surface area contributed by atoms with Crippen molar-refractivity contribution in [3.63, 3.8) is 0 Å². The Labute approximate surface area is 72.2 Å². The van der Waals surface area contributed by atoms with Crippen LogP contribution >= 0.6 is 0 Å². The van der Waals surface area contributed by atoms with Crippen LogP contribution in [0.1, 0.15) is 20.8 Å². The number of carbonyl (C=O) groups is 1. The summed E-state index contributed by atoms with van der Waals surface area (Å²) in [7, 11) is 0. The summed E-state index contributed by atoms with van der Waals surface area (Å²) in [5.74, 6) is -0.616. The Morgan fingerprint density at radius 3 is 2.33 bits per heavy atom. The lowest BCUT2D eigenvalue weighted by molar-refractivity contribution is -0.131. The number of nitrogens with zero attached hydrogens (tertiary/aromatic N) is 1. The maximum atomic E-state index is 11.0.